The molecular weight excluding hydrogens is 462 g/mol. The molecule has 0 aromatic carbocycles. The zero-order valence-electron chi connectivity index (χ0n) is 11.1. The van der Waals surface area contributed by atoms with Crippen molar-refractivity contribution in [3.63, 3.8) is 0 Å². The molecular formula is C8H20O10Rh2+4. The fourth-order valence-electron chi connectivity index (χ4n) is 0. The zero-order chi connectivity index (χ0) is 14.3. The van der Waals surface area contributed by atoms with Gasteiger partial charge in [0, 0.05) is 27.7 Å². The molecule has 0 amide bonds. The quantitative estimate of drug-likeness (QED) is 0.304. The van der Waals surface area contributed by atoms with E-state index in [2.05, 4.69) is 0 Å². The maximum atomic E-state index is 9.00. The van der Waals surface area contributed by atoms with Gasteiger partial charge in [0.25, 0.3) is 23.9 Å². The van der Waals surface area contributed by atoms with Crippen molar-refractivity contribution in [2.45, 2.75) is 27.7 Å². The molecule has 12 heteroatoms. The molecule has 2 radical (unpaired) electrons. The first-order valence-corrected chi connectivity index (χ1v) is 3.71. The second-order valence-corrected chi connectivity index (χ2v) is 2.08. The molecule has 0 aromatic rings. The summed E-state index contributed by atoms with van der Waals surface area (Å²) in [6.45, 7) is 4.33. The Morgan fingerprint density at radius 1 is 0.500 bits per heavy atom. The number of carboxylic acid groups (broad SMARTS) is 4. The summed E-state index contributed by atoms with van der Waals surface area (Å²) in [4.78, 5) is 36.0. The molecule has 126 valence electrons. The summed E-state index contributed by atoms with van der Waals surface area (Å²) in [5.41, 5.74) is 0. The predicted octanol–water partition coefficient (Wildman–Crippen LogP) is -1.29. The van der Waals surface area contributed by atoms with E-state index in [1.165, 1.54) is 0 Å². The first-order valence-electron chi connectivity index (χ1n) is 3.71. The Morgan fingerprint density at radius 3 is 0.500 bits per heavy atom. The van der Waals surface area contributed by atoms with Crippen LogP contribution in [0.25, 0.3) is 0 Å². The summed E-state index contributed by atoms with van der Waals surface area (Å²) >= 11 is 0. The summed E-state index contributed by atoms with van der Waals surface area (Å²) < 4.78 is 0. The van der Waals surface area contributed by atoms with E-state index in [4.69, 9.17) is 39.6 Å². The third-order valence-electron chi connectivity index (χ3n) is 0. The van der Waals surface area contributed by atoms with Crippen LogP contribution in [0, 0.1) is 0 Å². The van der Waals surface area contributed by atoms with Crippen LogP contribution in [0.15, 0.2) is 0 Å². The van der Waals surface area contributed by atoms with Crippen LogP contribution in [0.4, 0.5) is 0 Å². The number of hydrogen-bond acceptors (Lipinski definition) is 4. The maximum absolute atomic E-state index is 9.00. The standard InChI is InChI=1S/4C2H4O2.2H2O.2Rh/c4*1-2(3)4;;;;/h4*1H3,(H,3,4);2*1H2;;/q;;;;;;2*+2. The monoisotopic (exact) mass is 482 g/mol. The molecule has 0 atom stereocenters. The summed E-state index contributed by atoms with van der Waals surface area (Å²) in [6, 6.07) is 0. The minimum Gasteiger partial charge on any atom is -0.481 e. The first kappa shape index (κ1) is 50.8. The Balaban J connectivity index is -0.0000000150. The van der Waals surface area contributed by atoms with Gasteiger partial charge in [-0.2, -0.15) is 0 Å². The largest absolute Gasteiger partial charge is 2.00 e. The van der Waals surface area contributed by atoms with Crippen molar-refractivity contribution in [2.75, 3.05) is 0 Å². The fraction of sp³-hybridized carbons (Fsp3) is 0.500. The smallest absolute Gasteiger partial charge is 0.481 e. The number of hydrogen-bond donors (Lipinski definition) is 4. The molecule has 0 saturated heterocycles. The van der Waals surface area contributed by atoms with Gasteiger partial charge in [-0.25, -0.2) is 0 Å². The van der Waals surface area contributed by atoms with E-state index < -0.39 is 23.9 Å². The molecule has 0 aliphatic rings. The Hall–Kier alpha value is -0.953. The zero-order valence-corrected chi connectivity index (χ0v) is 14.4. The molecule has 10 nitrogen and oxygen atoms in total. The van der Waals surface area contributed by atoms with Crippen molar-refractivity contribution in [1.82, 2.24) is 0 Å². The third kappa shape index (κ3) is 4830. The van der Waals surface area contributed by atoms with E-state index in [1.807, 2.05) is 0 Å². The Bertz CT molecular complexity index is 167. The van der Waals surface area contributed by atoms with E-state index >= 15 is 0 Å². The van der Waals surface area contributed by atoms with Crippen molar-refractivity contribution in [2.24, 2.45) is 0 Å². The van der Waals surface area contributed by atoms with Crippen LogP contribution in [-0.2, 0) is 58.1 Å². The molecule has 0 aliphatic carbocycles. The van der Waals surface area contributed by atoms with Gasteiger partial charge in [-0.05, 0) is 0 Å². The number of carbonyl (C=O) groups is 4. The molecule has 0 bridgehead atoms. The van der Waals surface area contributed by atoms with Crippen LogP contribution in [0.1, 0.15) is 27.7 Å². The number of aliphatic carboxylic acids is 4. The first-order chi connectivity index (χ1) is 6.93. The minimum atomic E-state index is -0.833. The van der Waals surface area contributed by atoms with Gasteiger partial charge < -0.3 is 31.4 Å². The van der Waals surface area contributed by atoms with Crippen LogP contribution in [0.3, 0.4) is 0 Å². The summed E-state index contributed by atoms with van der Waals surface area (Å²) in [7, 11) is 0. The molecule has 0 spiro atoms. The van der Waals surface area contributed by atoms with E-state index in [-0.39, 0.29) is 49.9 Å². The maximum Gasteiger partial charge on any atom is 2.00 e. The van der Waals surface area contributed by atoms with Crippen molar-refractivity contribution >= 4 is 23.9 Å². The predicted molar refractivity (Wildman–Crippen MR) is 60.5 cm³/mol. The average Bonchev–Trinajstić information content (AvgIpc) is 1.76. The van der Waals surface area contributed by atoms with Gasteiger partial charge in [0.15, 0.2) is 0 Å². The van der Waals surface area contributed by atoms with Gasteiger partial charge in [0.05, 0.1) is 0 Å². The van der Waals surface area contributed by atoms with Crippen molar-refractivity contribution in [1.29, 1.82) is 0 Å². The van der Waals surface area contributed by atoms with Gasteiger partial charge >= 0.3 is 39.0 Å². The third-order valence-corrected chi connectivity index (χ3v) is 0. The van der Waals surface area contributed by atoms with E-state index in [0.29, 0.717) is 0 Å². The molecule has 0 aromatic heterocycles. The molecule has 20 heavy (non-hydrogen) atoms. The topological polar surface area (TPSA) is 212 Å². The fourth-order valence-corrected chi connectivity index (χ4v) is 0. The summed E-state index contributed by atoms with van der Waals surface area (Å²) in [5.74, 6) is -3.33. The molecule has 0 unspecified atom stereocenters. The number of rotatable bonds is 0. The van der Waals surface area contributed by atoms with E-state index in [1.54, 1.807) is 0 Å². The summed E-state index contributed by atoms with van der Waals surface area (Å²) in [5, 5.41) is 29.7. The summed E-state index contributed by atoms with van der Waals surface area (Å²) in [6.07, 6.45) is 0. The Morgan fingerprint density at radius 2 is 0.500 bits per heavy atom. The van der Waals surface area contributed by atoms with Gasteiger partial charge in [0.2, 0.25) is 0 Å². The van der Waals surface area contributed by atoms with Crippen molar-refractivity contribution in [3.8, 4) is 0 Å². The SMILES string of the molecule is CC(=O)O.CC(=O)O.CC(=O)O.CC(=O)O.O.O.[Rh+2].[Rh+2]. The molecule has 0 fully saturated rings. The second-order valence-electron chi connectivity index (χ2n) is 2.08. The van der Waals surface area contributed by atoms with Crippen LogP contribution in [0.2, 0.25) is 0 Å². The Labute approximate surface area is 141 Å². The molecule has 8 N–H and O–H groups in total. The van der Waals surface area contributed by atoms with Gasteiger partial charge in [-0.1, -0.05) is 0 Å². The molecule has 0 saturated carbocycles. The van der Waals surface area contributed by atoms with E-state index in [0.717, 1.165) is 27.7 Å². The normalized spacial score (nSPS) is 5.00. The minimum absolute atomic E-state index is 0. The van der Waals surface area contributed by atoms with Crippen LogP contribution in [-0.4, -0.2) is 55.3 Å². The average molecular weight is 482 g/mol. The number of carboxylic acids is 4. The van der Waals surface area contributed by atoms with Gasteiger partial charge in [0.1, 0.15) is 0 Å². The second kappa shape index (κ2) is 43.0. The van der Waals surface area contributed by atoms with Gasteiger partial charge in [-0.15, -0.1) is 0 Å². The molecule has 0 aliphatic heterocycles. The van der Waals surface area contributed by atoms with Crippen LogP contribution in [0.5, 0.6) is 0 Å². The van der Waals surface area contributed by atoms with E-state index in [9.17, 15) is 0 Å². The van der Waals surface area contributed by atoms with Crippen molar-refractivity contribution < 1.29 is 89.5 Å². The van der Waals surface area contributed by atoms with Crippen molar-refractivity contribution in [3.05, 3.63) is 0 Å². The van der Waals surface area contributed by atoms with Crippen LogP contribution < -0.4 is 0 Å². The molecule has 0 rings (SSSR count). The van der Waals surface area contributed by atoms with Gasteiger partial charge in [-0.3, -0.25) is 19.2 Å². The van der Waals surface area contributed by atoms with Crippen LogP contribution >= 0.6 is 0 Å². The molecule has 0 heterocycles. The Kier molecular flexibility index (Phi) is 109.